The average Bonchev–Trinajstić information content (AvgIpc) is 3.24. The summed E-state index contributed by atoms with van der Waals surface area (Å²) in [6.45, 7) is 3.88. The molecule has 0 bridgehead atoms. The number of aromatic nitrogens is 2. The molecule has 6 heteroatoms. The van der Waals surface area contributed by atoms with Crippen LogP contribution in [-0.2, 0) is 4.74 Å². The van der Waals surface area contributed by atoms with Gasteiger partial charge >= 0.3 is 5.97 Å². The van der Waals surface area contributed by atoms with Gasteiger partial charge in [-0.3, -0.25) is 9.56 Å². The molecule has 0 saturated carbocycles. The lowest BCUT2D eigenvalue weighted by Crippen LogP contribution is -2.11. The van der Waals surface area contributed by atoms with Gasteiger partial charge in [0, 0.05) is 11.1 Å². The molecule has 0 amide bonds. The van der Waals surface area contributed by atoms with Gasteiger partial charge in [-0.2, -0.15) is 0 Å². The van der Waals surface area contributed by atoms with Crippen molar-refractivity contribution in [3.05, 3.63) is 107 Å². The van der Waals surface area contributed by atoms with Gasteiger partial charge in [-0.15, -0.1) is 0 Å². The largest absolute Gasteiger partial charge is 0.461 e. The Hall–Kier alpha value is -4.06. The lowest BCUT2D eigenvalue weighted by Gasteiger charge is -2.14. The molecule has 1 aromatic heterocycles. The average molecular weight is 439 g/mol. The maximum atomic E-state index is 14.9. The molecular formula is C27H22FN3O2. The van der Waals surface area contributed by atoms with Gasteiger partial charge in [-0.05, 0) is 49.2 Å². The minimum atomic E-state index is -0.495. The van der Waals surface area contributed by atoms with Crippen LogP contribution in [0.5, 0.6) is 0 Å². The Morgan fingerprint density at radius 2 is 1.76 bits per heavy atom. The van der Waals surface area contributed by atoms with Crippen molar-refractivity contribution in [2.75, 3.05) is 6.61 Å². The third kappa shape index (κ3) is 3.63. The van der Waals surface area contributed by atoms with Crippen LogP contribution >= 0.6 is 0 Å². The van der Waals surface area contributed by atoms with Crippen molar-refractivity contribution in [3.63, 3.8) is 0 Å². The van der Waals surface area contributed by atoms with Crippen molar-refractivity contribution in [1.29, 1.82) is 0 Å². The highest BCUT2D eigenvalue weighted by Crippen LogP contribution is 2.35. The highest BCUT2D eigenvalue weighted by molar-refractivity contribution is 6.16. The van der Waals surface area contributed by atoms with Crippen LogP contribution in [0.1, 0.15) is 47.2 Å². The predicted octanol–water partition coefficient (Wildman–Crippen LogP) is 5.77. The zero-order chi connectivity index (χ0) is 22.9. The number of aliphatic imine (C=N–C) groups is 1. The monoisotopic (exact) mass is 439 g/mol. The molecule has 2 heterocycles. The molecule has 0 N–H and O–H groups in total. The third-order valence-corrected chi connectivity index (χ3v) is 5.74. The van der Waals surface area contributed by atoms with Crippen molar-refractivity contribution < 1.29 is 13.9 Å². The van der Waals surface area contributed by atoms with Crippen LogP contribution in [0.4, 0.5) is 4.39 Å². The first-order chi connectivity index (χ1) is 16.1. The van der Waals surface area contributed by atoms with E-state index < -0.39 is 12.0 Å². The summed E-state index contributed by atoms with van der Waals surface area (Å²) < 4.78 is 22.0. The van der Waals surface area contributed by atoms with Crippen LogP contribution in [0.25, 0.3) is 16.8 Å². The lowest BCUT2D eigenvalue weighted by molar-refractivity contribution is 0.0518. The molecule has 4 aromatic rings. The van der Waals surface area contributed by atoms with Crippen LogP contribution < -0.4 is 0 Å². The predicted molar refractivity (Wildman–Crippen MR) is 125 cm³/mol. The fourth-order valence-electron chi connectivity index (χ4n) is 4.24. The van der Waals surface area contributed by atoms with Gasteiger partial charge < -0.3 is 4.74 Å². The van der Waals surface area contributed by atoms with E-state index in [0.717, 1.165) is 22.4 Å². The van der Waals surface area contributed by atoms with E-state index in [2.05, 4.69) is 4.98 Å². The second kappa shape index (κ2) is 8.47. The molecule has 0 fully saturated rings. The first kappa shape index (κ1) is 20.8. The van der Waals surface area contributed by atoms with Crippen LogP contribution in [0.2, 0.25) is 0 Å². The Balaban J connectivity index is 1.78. The Labute approximate surface area is 191 Å². The van der Waals surface area contributed by atoms with Crippen LogP contribution in [0, 0.1) is 5.82 Å². The SMILES string of the molecule is CCOC(=O)c1ncn2c1[C@@H](C)N=C(c1ccccc1F)c1cc(-c3ccccc3)ccc1-2. The van der Waals surface area contributed by atoms with Crippen molar-refractivity contribution in [3.8, 4) is 16.8 Å². The summed E-state index contributed by atoms with van der Waals surface area (Å²) in [4.78, 5) is 21.8. The highest BCUT2D eigenvalue weighted by Gasteiger charge is 2.30. The zero-order valence-electron chi connectivity index (χ0n) is 18.3. The highest BCUT2D eigenvalue weighted by atomic mass is 19.1. The summed E-state index contributed by atoms with van der Waals surface area (Å²) in [7, 11) is 0. The topological polar surface area (TPSA) is 56.5 Å². The van der Waals surface area contributed by atoms with E-state index in [-0.39, 0.29) is 18.1 Å². The number of hydrogen-bond donors (Lipinski definition) is 0. The Morgan fingerprint density at radius 3 is 2.52 bits per heavy atom. The minimum absolute atomic E-state index is 0.223. The van der Waals surface area contributed by atoms with Gasteiger partial charge in [0.25, 0.3) is 0 Å². The number of carbonyl (C=O) groups excluding carboxylic acids is 1. The van der Waals surface area contributed by atoms with Gasteiger partial charge in [-0.25, -0.2) is 14.2 Å². The zero-order valence-corrected chi connectivity index (χ0v) is 18.3. The molecule has 1 aliphatic rings. The molecular weight excluding hydrogens is 417 g/mol. The fraction of sp³-hybridized carbons (Fsp3) is 0.148. The molecule has 5 rings (SSSR count). The molecule has 164 valence electrons. The number of benzene rings is 3. The van der Waals surface area contributed by atoms with Gasteiger partial charge in [0.2, 0.25) is 0 Å². The number of hydrogen-bond acceptors (Lipinski definition) is 4. The molecule has 3 aromatic carbocycles. The number of esters is 1. The number of imidazole rings is 1. The number of halogens is 1. The maximum absolute atomic E-state index is 14.9. The van der Waals surface area contributed by atoms with Crippen LogP contribution in [0.15, 0.2) is 84.1 Å². The molecule has 1 aliphatic heterocycles. The Kier molecular flexibility index (Phi) is 5.34. The van der Waals surface area contributed by atoms with Crippen molar-refractivity contribution >= 4 is 11.7 Å². The number of carbonyl (C=O) groups is 1. The van der Waals surface area contributed by atoms with Crippen LogP contribution in [0.3, 0.4) is 0 Å². The minimum Gasteiger partial charge on any atom is -0.461 e. The molecule has 33 heavy (non-hydrogen) atoms. The summed E-state index contributed by atoms with van der Waals surface area (Å²) in [6, 6.07) is 22.1. The van der Waals surface area contributed by atoms with Gasteiger partial charge in [-0.1, -0.05) is 48.5 Å². The molecule has 0 aliphatic carbocycles. The lowest BCUT2D eigenvalue weighted by atomic mass is 9.95. The van der Waals surface area contributed by atoms with Crippen LogP contribution in [-0.4, -0.2) is 27.8 Å². The Bertz CT molecular complexity index is 1380. The molecule has 0 radical (unpaired) electrons. The number of rotatable bonds is 4. The van der Waals surface area contributed by atoms with Crippen molar-refractivity contribution in [2.45, 2.75) is 19.9 Å². The van der Waals surface area contributed by atoms with E-state index in [0.29, 0.717) is 17.0 Å². The second-order valence-electron chi connectivity index (χ2n) is 7.80. The quantitative estimate of drug-likeness (QED) is 0.380. The van der Waals surface area contributed by atoms with E-state index >= 15 is 0 Å². The Morgan fingerprint density at radius 1 is 1.00 bits per heavy atom. The smallest absolute Gasteiger partial charge is 0.358 e. The van der Waals surface area contributed by atoms with E-state index in [1.165, 1.54) is 6.07 Å². The van der Waals surface area contributed by atoms with Crippen molar-refractivity contribution in [2.24, 2.45) is 4.99 Å². The fourth-order valence-corrected chi connectivity index (χ4v) is 4.24. The molecule has 0 saturated heterocycles. The van der Waals surface area contributed by atoms with E-state index in [1.807, 2.05) is 60.0 Å². The summed E-state index contributed by atoms with van der Waals surface area (Å²) >= 11 is 0. The normalized spacial score (nSPS) is 14.6. The van der Waals surface area contributed by atoms with E-state index in [1.54, 1.807) is 31.5 Å². The molecule has 5 nitrogen and oxygen atoms in total. The van der Waals surface area contributed by atoms with Gasteiger partial charge in [0.15, 0.2) is 5.69 Å². The second-order valence-corrected chi connectivity index (χ2v) is 7.80. The molecule has 0 spiro atoms. The number of ether oxygens (including phenoxy) is 1. The summed E-state index contributed by atoms with van der Waals surface area (Å²) in [5.41, 5.74) is 5.36. The third-order valence-electron chi connectivity index (χ3n) is 5.74. The molecule has 1 atom stereocenters. The first-order valence-corrected chi connectivity index (χ1v) is 10.9. The maximum Gasteiger partial charge on any atom is 0.358 e. The summed E-state index contributed by atoms with van der Waals surface area (Å²) in [5, 5.41) is 0. The number of nitrogens with zero attached hydrogens (tertiary/aromatic N) is 3. The standard InChI is InChI=1S/C27H22FN3O2/c1-3-33-27(32)25-26-17(2)30-24(20-11-7-8-12-22(20)28)21-15-19(18-9-5-4-6-10-18)13-14-23(21)31(26)16-29-25/h4-17H,3H2,1-2H3/t17-/m1/s1. The van der Waals surface area contributed by atoms with E-state index in [4.69, 9.17) is 9.73 Å². The van der Waals surface area contributed by atoms with E-state index in [9.17, 15) is 9.18 Å². The summed E-state index contributed by atoms with van der Waals surface area (Å²) in [6.07, 6.45) is 1.61. The first-order valence-electron chi connectivity index (χ1n) is 10.9. The molecule has 0 unspecified atom stereocenters. The number of fused-ring (bicyclic) bond motifs is 3. The van der Waals surface area contributed by atoms with Crippen molar-refractivity contribution in [1.82, 2.24) is 9.55 Å². The van der Waals surface area contributed by atoms with Gasteiger partial charge in [0.05, 0.1) is 29.7 Å². The van der Waals surface area contributed by atoms with Gasteiger partial charge in [0.1, 0.15) is 12.1 Å². The summed E-state index contributed by atoms with van der Waals surface area (Å²) in [5.74, 6) is -0.847.